The smallest absolute Gasteiger partial charge is 0.423 e. The minimum atomic E-state index is -5.63. The Hall–Kier alpha value is -1.25. The van der Waals surface area contributed by atoms with E-state index in [-0.39, 0.29) is 0 Å². The molecule has 0 spiro atoms. The summed E-state index contributed by atoms with van der Waals surface area (Å²) in [5.74, 6) is -1.12. The van der Waals surface area contributed by atoms with Crippen molar-refractivity contribution in [1.82, 2.24) is 0 Å². The lowest BCUT2D eigenvalue weighted by Crippen LogP contribution is -2.44. The molecular weight excluding hydrogens is 294 g/mol. The van der Waals surface area contributed by atoms with E-state index in [0.717, 1.165) is 0 Å². The molecule has 0 N–H and O–H groups in total. The van der Waals surface area contributed by atoms with Crippen molar-refractivity contribution in [3.63, 3.8) is 0 Å². The van der Waals surface area contributed by atoms with Crippen molar-refractivity contribution >= 4 is 5.97 Å². The summed E-state index contributed by atoms with van der Waals surface area (Å²) in [4.78, 5) is 11.3. The predicted molar refractivity (Wildman–Crippen MR) is 56.8 cm³/mol. The Balaban J connectivity index is 4.66. The van der Waals surface area contributed by atoms with Crippen LogP contribution in [0.3, 0.4) is 0 Å². The first-order valence-corrected chi connectivity index (χ1v) is 5.31. The Morgan fingerprint density at radius 2 is 1.45 bits per heavy atom. The molecule has 0 heterocycles. The van der Waals surface area contributed by atoms with E-state index in [1.807, 2.05) is 0 Å². The highest BCUT2D eigenvalue weighted by Crippen LogP contribution is 2.35. The molecule has 0 aromatic rings. The molecule has 0 aliphatic carbocycles. The van der Waals surface area contributed by atoms with Crippen molar-refractivity contribution in [3.05, 3.63) is 12.2 Å². The molecule has 9 heteroatoms. The van der Waals surface area contributed by atoms with Gasteiger partial charge in [-0.05, 0) is 20.8 Å². The van der Waals surface area contributed by atoms with Gasteiger partial charge in [-0.2, -0.15) is 26.3 Å². The number of hydrogen-bond acceptors (Lipinski definition) is 3. The first-order valence-electron chi connectivity index (χ1n) is 5.31. The van der Waals surface area contributed by atoms with Gasteiger partial charge in [-0.15, -0.1) is 0 Å². The lowest BCUT2D eigenvalue weighted by molar-refractivity contribution is -0.320. The number of hydrogen-bond donors (Lipinski definition) is 0. The summed E-state index contributed by atoms with van der Waals surface area (Å²) in [6.07, 6.45) is -15.2. The van der Waals surface area contributed by atoms with Crippen molar-refractivity contribution in [3.8, 4) is 0 Å². The van der Waals surface area contributed by atoms with Crippen molar-refractivity contribution in [2.45, 2.75) is 44.8 Å². The Kier molecular flexibility index (Phi) is 5.65. The third-order valence-corrected chi connectivity index (χ3v) is 1.71. The molecule has 0 saturated heterocycles. The molecule has 0 bridgehead atoms. The molecule has 0 aliphatic heterocycles. The monoisotopic (exact) mass is 308 g/mol. The van der Waals surface area contributed by atoms with E-state index in [4.69, 9.17) is 4.74 Å². The van der Waals surface area contributed by atoms with Crippen LogP contribution >= 0.6 is 0 Å². The molecule has 0 saturated carbocycles. The van der Waals surface area contributed by atoms with Gasteiger partial charge in [0.15, 0.2) is 0 Å². The van der Waals surface area contributed by atoms with Gasteiger partial charge >= 0.3 is 18.3 Å². The van der Waals surface area contributed by atoms with Crippen LogP contribution in [0, 0.1) is 0 Å². The van der Waals surface area contributed by atoms with Crippen molar-refractivity contribution in [2.75, 3.05) is 6.61 Å². The molecule has 0 aromatic heterocycles. The van der Waals surface area contributed by atoms with E-state index >= 15 is 0 Å². The van der Waals surface area contributed by atoms with Gasteiger partial charge in [-0.1, -0.05) is 6.58 Å². The summed E-state index contributed by atoms with van der Waals surface area (Å²) < 4.78 is 81.3. The largest absolute Gasteiger partial charge is 0.457 e. The van der Waals surface area contributed by atoms with Gasteiger partial charge in [0, 0.05) is 0 Å². The molecule has 0 radical (unpaired) electrons. The summed E-state index contributed by atoms with van der Waals surface area (Å²) in [5.41, 5.74) is -1.59. The second-order valence-electron chi connectivity index (χ2n) is 4.88. The van der Waals surface area contributed by atoms with Gasteiger partial charge in [0.2, 0.25) is 6.10 Å². The highest BCUT2D eigenvalue weighted by atomic mass is 19.4. The van der Waals surface area contributed by atoms with Gasteiger partial charge in [0.1, 0.15) is 5.60 Å². The number of halogens is 6. The molecule has 0 amide bonds. The number of carbonyl (C=O) groups is 1. The second-order valence-corrected chi connectivity index (χ2v) is 4.88. The number of alkyl halides is 6. The van der Waals surface area contributed by atoms with Gasteiger partial charge in [0.25, 0.3) is 0 Å². The molecule has 0 fully saturated rings. The van der Waals surface area contributed by atoms with E-state index in [2.05, 4.69) is 11.3 Å². The van der Waals surface area contributed by atoms with Crippen LogP contribution < -0.4 is 0 Å². The fourth-order valence-corrected chi connectivity index (χ4v) is 0.968. The van der Waals surface area contributed by atoms with Crippen LogP contribution in [-0.4, -0.2) is 36.6 Å². The topological polar surface area (TPSA) is 35.5 Å². The van der Waals surface area contributed by atoms with Crippen molar-refractivity contribution < 1.29 is 40.6 Å². The zero-order chi connectivity index (χ0) is 16.4. The highest BCUT2D eigenvalue weighted by molar-refractivity contribution is 5.88. The third-order valence-electron chi connectivity index (χ3n) is 1.71. The van der Waals surface area contributed by atoms with Crippen LogP contribution in [0.4, 0.5) is 26.3 Å². The quantitative estimate of drug-likeness (QED) is 0.454. The second kappa shape index (κ2) is 6.02. The summed E-state index contributed by atoms with van der Waals surface area (Å²) in [6.45, 7) is 6.24. The summed E-state index contributed by atoms with van der Waals surface area (Å²) in [7, 11) is 0. The molecule has 0 aliphatic rings. The van der Waals surface area contributed by atoms with Gasteiger partial charge < -0.3 is 9.47 Å². The summed E-state index contributed by atoms with van der Waals surface area (Å²) in [6, 6.07) is 0. The molecule has 0 aromatic carbocycles. The molecule has 0 atom stereocenters. The molecular formula is C11H14F6O3. The standard InChI is InChI=1S/C11H14F6O3/c1-6(7(18)20-9(2,3)4)5-19-8(10(12,13)14)11(15,16)17/h8H,1,5H2,2-4H3. The lowest BCUT2D eigenvalue weighted by Gasteiger charge is -2.24. The summed E-state index contributed by atoms with van der Waals surface area (Å²) in [5, 5.41) is 0. The number of esters is 1. The minimum absolute atomic E-state index is 0.640. The lowest BCUT2D eigenvalue weighted by atomic mass is 10.2. The van der Waals surface area contributed by atoms with Crippen LogP contribution in [0.2, 0.25) is 0 Å². The predicted octanol–water partition coefficient (Wildman–Crippen LogP) is 3.39. The Labute approximate surface area is 111 Å². The van der Waals surface area contributed by atoms with E-state index < -0.39 is 42.2 Å². The first kappa shape index (κ1) is 18.8. The molecule has 20 heavy (non-hydrogen) atoms. The van der Waals surface area contributed by atoms with Gasteiger partial charge in [-0.3, -0.25) is 0 Å². The van der Waals surface area contributed by atoms with Crippen LogP contribution in [0.25, 0.3) is 0 Å². The van der Waals surface area contributed by atoms with E-state index in [1.165, 1.54) is 20.8 Å². The van der Waals surface area contributed by atoms with Crippen molar-refractivity contribution in [1.29, 1.82) is 0 Å². The highest BCUT2D eigenvalue weighted by Gasteiger charge is 2.58. The molecule has 0 rings (SSSR count). The number of rotatable bonds is 4. The number of carbonyl (C=O) groups excluding carboxylic acids is 1. The van der Waals surface area contributed by atoms with E-state index in [0.29, 0.717) is 0 Å². The van der Waals surface area contributed by atoms with Gasteiger partial charge in [0.05, 0.1) is 12.2 Å². The number of ether oxygens (including phenoxy) is 2. The molecule has 118 valence electrons. The zero-order valence-corrected chi connectivity index (χ0v) is 11.0. The van der Waals surface area contributed by atoms with Crippen molar-refractivity contribution in [2.24, 2.45) is 0 Å². The molecule has 3 nitrogen and oxygen atoms in total. The van der Waals surface area contributed by atoms with Crippen LogP contribution in [0.15, 0.2) is 12.2 Å². The molecule has 0 unspecified atom stereocenters. The average molecular weight is 308 g/mol. The van der Waals surface area contributed by atoms with Crippen LogP contribution in [0.5, 0.6) is 0 Å². The fourth-order valence-electron chi connectivity index (χ4n) is 0.968. The fraction of sp³-hybridized carbons (Fsp3) is 0.727. The van der Waals surface area contributed by atoms with E-state index in [9.17, 15) is 31.1 Å². The third kappa shape index (κ3) is 6.78. The summed E-state index contributed by atoms with van der Waals surface area (Å²) >= 11 is 0. The van der Waals surface area contributed by atoms with Crippen LogP contribution in [0.1, 0.15) is 20.8 Å². The maximum atomic E-state index is 12.1. The Bertz CT molecular complexity index is 350. The Morgan fingerprint density at radius 1 is 1.05 bits per heavy atom. The average Bonchev–Trinajstić information content (AvgIpc) is 2.09. The normalized spacial score (nSPS) is 13.5. The maximum Gasteiger partial charge on any atom is 0.423 e. The minimum Gasteiger partial charge on any atom is -0.457 e. The first-order chi connectivity index (χ1) is 8.64. The van der Waals surface area contributed by atoms with Gasteiger partial charge in [-0.25, -0.2) is 4.79 Å². The van der Waals surface area contributed by atoms with Crippen LogP contribution in [-0.2, 0) is 14.3 Å². The maximum absolute atomic E-state index is 12.1. The SMILES string of the molecule is C=C(COC(C(F)(F)F)C(F)(F)F)C(=O)OC(C)(C)C. The Morgan fingerprint density at radius 3 is 1.75 bits per heavy atom. The zero-order valence-electron chi connectivity index (χ0n) is 11.0. The van der Waals surface area contributed by atoms with E-state index in [1.54, 1.807) is 0 Å².